The molecule has 1 aliphatic rings. The van der Waals surface area contributed by atoms with Crippen LogP contribution in [-0.4, -0.2) is 11.6 Å². The topological polar surface area (TPSA) is 60.2 Å². The molecule has 1 unspecified atom stereocenters. The average molecular weight is 193 g/mol. The van der Waals surface area contributed by atoms with E-state index in [0.717, 1.165) is 5.57 Å². The highest BCUT2D eigenvalue weighted by molar-refractivity contribution is 6.07. The molecule has 0 radical (unpaired) electrons. The SMILES string of the molecule is CC(=O)C1C/C(=C(\C)N)C(=O)C=C1C. The number of allylic oxidation sites excluding steroid dienone is 4. The van der Waals surface area contributed by atoms with Crippen molar-refractivity contribution in [3.63, 3.8) is 0 Å². The minimum atomic E-state index is -0.166. The predicted octanol–water partition coefficient (Wildman–Crippen LogP) is 1.34. The molecule has 2 N–H and O–H groups in total. The van der Waals surface area contributed by atoms with Crippen molar-refractivity contribution in [2.75, 3.05) is 0 Å². The van der Waals surface area contributed by atoms with E-state index in [-0.39, 0.29) is 17.5 Å². The first-order valence-electron chi connectivity index (χ1n) is 4.61. The average Bonchev–Trinajstić information content (AvgIpc) is 2.02. The molecule has 0 aromatic carbocycles. The maximum absolute atomic E-state index is 11.5. The Hall–Kier alpha value is -1.38. The first-order chi connectivity index (χ1) is 6.43. The third-order valence-electron chi connectivity index (χ3n) is 2.58. The zero-order chi connectivity index (χ0) is 10.9. The molecule has 0 amide bonds. The highest BCUT2D eigenvalue weighted by atomic mass is 16.1. The Balaban J connectivity index is 3.10. The summed E-state index contributed by atoms with van der Waals surface area (Å²) in [6.07, 6.45) is 1.97. The quantitative estimate of drug-likeness (QED) is 0.639. The number of hydrogen-bond donors (Lipinski definition) is 1. The summed E-state index contributed by atoms with van der Waals surface area (Å²) in [5.41, 5.74) is 7.52. The molecule has 1 rings (SSSR count). The van der Waals surface area contributed by atoms with Crippen LogP contribution in [0.1, 0.15) is 27.2 Å². The molecule has 0 aromatic heterocycles. The van der Waals surface area contributed by atoms with Crippen LogP contribution < -0.4 is 5.73 Å². The summed E-state index contributed by atoms with van der Waals surface area (Å²) in [6, 6.07) is 0. The van der Waals surface area contributed by atoms with Crippen LogP contribution in [0.2, 0.25) is 0 Å². The molecular weight excluding hydrogens is 178 g/mol. The molecule has 0 aliphatic heterocycles. The minimum absolute atomic E-state index is 0.0556. The normalized spacial score (nSPS) is 25.8. The third-order valence-corrected chi connectivity index (χ3v) is 2.58. The second-order valence-electron chi connectivity index (χ2n) is 3.78. The van der Waals surface area contributed by atoms with E-state index in [2.05, 4.69) is 0 Å². The van der Waals surface area contributed by atoms with Crippen molar-refractivity contribution >= 4 is 11.6 Å². The van der Waals surface area contributed by atoms with E-state index in [9.17, 15) is 9.59 Å². The summed E-state index contributed by atoms with van der Waals surface area (Å²) in [5.74, 6) is -0.133. The van der Waals surface area contributed by atoms with Gasteiger partial charge in [-0.3, -0.25) is 9.59 Å². The summed E-state index contributed by atoms with van der Waals surface area (Å²) >= 11 is 0. The van der Waals surface area contributed by atoms with Crippen molar-refractivity contribution in [2.24, 2.45) is 11.7 Å². The van der Waals surface area contributed by atoms with E-state index >= 15 is 0 Å². The van der Waals surface area contributed by atoms with E-state index in [0.29, 0.717) is 17.7 Å². The van der Waals surface area contributed by atoms with Crippen LogP contribution in [0.5, 0.6) is 0 Å². The lowest BCUT2D eigenvalue weighted by Crippen LogP contribution is -2.23. The van der Waals surface area contributed by atoms with Crippen LogP contribution >= 0.6 is 0 Å². The largest absolute Gasteiger partial charge is 0.402 e. The third kappa shape index (κ3) is 1.92. The van der Waals surface area contributed by atoms with Crippen LogP contribution in [-0.2, 0) is 9.59 Å². The Bertz CT molecular complexity index is 346. The van der Waals surface area contributed by atoms with Gasteiger partial charge >= 0.3 is 0 Å². The number of rotatable bonds is 1. The van der Waals surface area contributed by atoms with Gasteiger partial charge in [0.05, 0.1) is 0 Å². The fourth-order valence-corrected chi connectivity index (χ4v) is 1.68. The van der Waals surface area contributed by atoms with E-state index in [1.54, 1.807) is 13.8 Å². The lowest BCUT2D eigenvalue weighted by atomic mass is 9.82. The number of Topliss-reactive ketones (excluding diaryl/α,β-unsaturated/α-hetero) is 1. The molecule has 1 atom stereocenters. The number of ketones is 2. The Morgan fingerprint density at radius 3 is 2.50 bits per heavy atom. The smallest absolute Gasteiger partial charge is 0.183 e. The van der Waals surface area contributed by atoms with Gasteiger partial charge in [0.25, 0.3) is 0 Å². The first kappa shape index (κ1) is 10.7. The molecule has 0 saturated carbocycles. The molecule has 14 heavy (non-hydrogen) atoms. The predicted molar refractivity (Wildman–Crippen MR) is 54.4 cm³/mol. The molecular formula is C11H15NO2. The van der Waals surface area contributed by atoms with Crippen molar-refractivity contribution in [1.82, 2.24) is 0 Å². The van der Waals surface area contributed by atoms with Crippen molar-refractivity contribution in [3.05, 3.63) is 22.9 Å². The number of nitrogens with two attached hydrogens (primary N) is 1. The lowest BCUT2D eigenvalue weighted by molar-refractivity contribution is -0.120. The fourth-order valence-electron chi connectivity index (χ4n) is 1.68. The summed E-state index contributed by atoms with van der Waals surface area (Å²) in [4.78, 5) is 22.8. The van der Waals surface area contributed by atoms with Gasteiger partial charge in [0.2, 0.25) is 0 Å². The molecule has 76 valence electrons. The number of hydrogen-bond acceptors (Lipinski definition) is 3. The maximum atomic E-state index is 11.5. The minimum Gasteiger partial charge on any atom is -0.402 e. The standard InChI is InChI=1S/C11H15NO2/c1-6-4-11(14)10(7(2)12)5-9(6)8(3)13/h4,9H,5,12H2,1-3H3/b10-7-. The molecule has 0 spiro atoms. The van der Waals surface area contributed by atoms with Gasteiger partial charge in [-0.2, -0.15) is 0 Å². The van der Waals surface area contributed by atoms with Gasteiger partial charge in [-0.05, 0) is 33.3 Å². The summed E-state index contributed by atoms with van der Waals surface area (Å²) in [7, 11) is 0. The van der Waals surface area contributed by atoms with Crippen LogP contribution in [0.3, 0.4) is 0 Å². The van der Waals surface area contributed by atoms with E-state index < -0.39 is 0 Å². The molecule has 1 aliphatic carbocycles. The monoisotopic (exact) mass is 193 g/mol. The summed E-state index contributed by atoms with van der Waals surface area (Å²) in [5, 5.41) is 0. The second kappa shape index (κ2) is 3.78. The fraction of sp³-hybridized carbons (Fsp3) is 0.455. The molecule has 0 aromatic rings. The van der Waals surface area contributed by atoms with Crippen LogP contribution in [0, 0.1) is 5.92 Å². The van der Waals surface area contributed by atoms with Gasteiger partial charge in [0.15, 0.2) is 5.78 Å². The van der Waals surface area contributed by atoms with Gasteiger partial charge in [0, 0.05) is 17.2 Å². The Morgan fingerprint density at radius 1 is 1.50 bits per heavy atom. The zero-order valence-electron chi connectivity index (χ0n) is 8.76. The molecule has 0 bridgehead atoms. The van der Waals surface area contributed by atoms with Gasteiger partial charge in [-0.25, -0.2) is 0 Å². The van der Waals surface area contributed by atoms with Crippen molar-refractivity contribution in [1.29, 1.82) is 0 Å². The van der Waals surface area contributed by atoms with E-state index in [4.69, 9.17) is 5.73 Å². The van der Waals surface area contributed by atoms with E-state index in [1.807, 2.05) is 6.92 Å². The Morgan fingerprint density at radius 2 is 2.07 bits per heavy atom. The lowest BCUT2D eigenvalue weighted by Gasteiger charge is -2.21. The highest BCUT2D eigenvalue weighted by Crippen LogP contribution is 2.27. The molecule has 3 nitrogen and oxygen atoms in total. The van der Waals surface area contributed by atoms with Gasteiger partial charge in [-0.15, -0.1) is 0 Å². The zero-order valence-corrected chi connectivity index (χ0v) is 8.76. The van der Waals surface area contributed by atoms with Crippen LogP contribution in [0.25, 0.3) is 0 Å². The second-order valence-corrected chi connectivity index (χ2v) is 3.78. The highest BCUT2D eigenvalue weighted by Gasteiger charge is 2.26. The number of carbonyl (C=O) groups excluding carboxylic acids is 2. The van der Waals surface area contributed by atoms with Crippen molar-refractivity contribution in [2.45, 2.75) is 27.2 Å². The molecule has 0 saturated heterocycles. The summed E-state index contributed by atoms with van der Waals surface area (Å²) in [6.45, 7) is 5.05. The Labute approximate surface area is 83.7 Å². The van der Waals surface area contributed by atoms with Crippen molar-refractivity contribution in [3.8, 4) is 0 Å². The van der Waals surface area contributed by atoms with Gasteiger partial charge in [-0.1, -0.05) is 5.57 Å². The Kier molecular flexibility index (Phi) is 2.89. The summed E-state index contributed by atoms with van der Waals surface area (Å²) < 4.78 is 0. The molecule has 3 heteroatoms. The van der Waals surface area contributed by atoms with Crippen LogP contribution in [0.4, 0.5) is 0 Å². The van der Waals surface area contributed by atoms with Gasteiger partial charge in [0.1, 0.15) is 5.78 Å². The maximum Gasteiger partial charge on any atom is 0.183 e. The van der Waals surface area contributed by atoms with E-state index in [1.165, 1.54) is 6.08 Å². The van der Waals surface area contributed by atoms with Crippen LogP contribution in [0.15, 0.2) is 22.9 Å². The number of carbonyl (C=O) groups is 2. The molecule has 0 heterocycles. The molecule has 0 fully saturated rings. The van der Waals surface area contributed by atoms with Gasteiger partial charge < -0.3 is 5.73 Å². The van der Waals surface area contributed by atoms with Crippen molar-refractivity contribution < 1.29 is 9.59 Å². The first-order valence-corrected chi connectivity index (χ1v) is 4.61.